The fourth-order valence-electron chi connectivity index (χ4n) is 2.33. The molecule has 1 saturated carbocycles. The molecule has 0 radical (unpaired) electrons. The van der Waals surface area contributed by atoms with Crippen molar-refractivity contribution < 1.29 is 9.59 Å². The Kier molecular flexibility index (Phi) is 2.86. The quantitative estimate of drug-likeness (QED) is 0.714. The summed E-state index contributed by atoms with van der Waals surface area (Å²) >= 11 is 12.0. The summed E-state index contributed by atoms with van der Waals surface area (Å²) in [7, 11) is 3.39. The predicted molar refractivity (Wildman–Crippen MR) is 66.0 cm³/mol. The van der Waals surface area contributed by atoms with E-state index in [1.54, 1.807) is 25.9 Å². The molecule has 96 valence electrons. The summed E-state index contributed by atoms with van der Waals surface area (Å²) in [5.74, 6) is -0.156. The summed E-state index contributed by atoms with van der Waals surface area (Å²) in [6.07, 6.45) is 1.12. The molecule has 2 fully saturated rings. The Morgan fingerprint density at radius 1 is 1.53 bits per heavy atom. The van der Waals surface area contributed by atoms with Gasteiger partial charge in [-0.05, 0) is 19.8 Å². The van der Waals surface area contributed by atoms with Gasteiger partial charge in [-0.2, -0.15) is 0 Å². The van der Waals surface area contributed by atoms with Crippen LogP contribution in [0.15, 0.2) is 0 Å². The van der Waals surface area contributed by atoms with Crippen molar-refractivity contribution in [3.63, 3.8) is 0 Å². The standard InChI is InChI=1S/C11H16Cl2N2O2/c1-10(6-11(10,12)13)9(17)15(3)7-4-5-14(2)8(7)16/h7H,4-6H2,1-3H3. The first kappa shape index (κ1) is 13.0. The predicted octanol–water partition coefficient (Wildman–Crippen LogP) is 1.26. The van der Waals surface area contributed by atoms with E-state index >= 15 is 0 Å². The molecular formula is C11H16Cl2N2O2. The van der Waals surface area contributed by atoms with Gasteiger partial charge in [0.15, 0.2) is 0 Å². The number of hydrogen-bond acceptors (Lipinski definition) is 2. The highest BCUT2D eigenvalue weighted by molar-refractivity contribution is 6.53. The maximum atomic E-state index is 12.3. The van der Waals surface area contributed by atoms with Crippen LogP contribution in [0.25, 0.3) is 0 Å². The van der Waals surface area contributed by atoms with Gasteiger partial charge in [0, 0.05) is 20.6 Å². The van der Waals surface area contributed by atoms with Crippen LogP contribution in [-0.4, -0.2) is 52.6 Å². The Morgan fingerprint density at radius 2 is 2.06 bits per heavy atom. The van der Waals surface area contributed by atoms with Crippen molar-refractivity contribution in [1.29, 1.82) is 0 Å². The lowest BCUT2D eigenvalue weighted by Crippen LogP contribution is -2.45. The van der Waals surface area contributed by atoms with E-state index in [1.165, 1.54) is 4.90 Å². The third-order valence-corrected chi connectivity index (χ3v) is 5.02. The van der Waals surface area contributed by atoms with Gasteiger partial charge >= 0.3 is 0 Å². The monoisotopic (exact) mass is 278 g/mol. The maximum Gasteiger partial charge on any atom is 0.245 e. The van der Waals surface area contributed by atoms with Gasteiger partial charge in [-0.3, -0.25) is 9.59 Å². The number of alkyl halides is 2. The van der Waals surface area contributed by atoms with E-state index in [0.717, 1.165) is 0 Å². The van der Waals surface area contributed by atoms with Gasteiger partial charge in [0.1, 0.15) is 10.4 Å². The average molecular weight is 279 g/mol. The maximum absolute atomic E-state index is 12.3. The number of rotatable bonds is 2. The van der Waals surface area contributed by atoms with E-state index in [4.69, 9.17) is 23.2 Å². The molecule has 2 aliphatic rings. The summed E-state index contributed by atoms with van der Waals surface area (Å²) < 4.78 is -0.980. The molecule has 2 rings (SSSR count). The molecule has 0 spiro atoms. The number of carbonyl (C=O) groups excluding carboxylic acids is 2. The Bertz CT molecular complexity index is 386. The Morgan fingerprint density at radius 3 is 2.41 bits per heavy atom. The molecule has 4 nitrogen and oxygen atoms in total. The van der Waals surface area contributed by atoms with Gasteiger partial charge in [0.25, 0.3) is 0 Å². The molecule has 17 heavy (non-hydrogen) atoms. The minimum Gasteiger partial charge on any atom is -0.344 e. The summed E-state index contributed by atoms with van der Waals surface area (Å²) in [6.45, 7) is 2.43. The second kappa shape index (κ2) is 3.75. The van der Waals surface area contributed by atoms with Crippen molar-refractivity contribution in [3.05, 3.63) is 0 Å². The first-order valence-corrected chi connectivity index (χ1v) is 6.36. The lowest BCUT2D eigenvalue weighted by atomic mass is 10.1. The second-order valence-corrected chi connectivity index (χ2v) is 6.68. The Labute approximate surface area is 111 Å². The molecule has 1 aliphatic carbocycles. The number of carbonyl (C=O) groups is 2. The normalized spacial score (nSPS) is 35.0. The van der Waals surface area contributed by atoms with Gasteiger partial charge in [-0.1, -0.05) is 0 Å². The highest BCUT2D eigenvalue weighted by Gasteiger charge is 2.69. The molecule has 0 aromatic heterocycles. The molecular weight excluding hydrogens is 263 g/mol. The number of amides is 2. The van der Waals surface area contributed by atoms with E-state index in [0.29, 0.717) is 19.4 Å². The molecule has 0 bridgehead atoms. The third kappa shape index (κ3) is 1.82. The van der Waals surface area contributed by atoms with Gasteiger partial charge in [0.2, 0.25) is 11.8 Å². The summed E-state index contributed by atoms with van der Waals surface area (Å²) in [4.78, 5) is 27.2. The minimum absolute atomic E-state index is 0.0140. The van der Waals surface area contributed by atoms with E-state index in [-0.39, 0.29) is 17.9 Å². The van der Waals surface area contributed by atoms with Crippen LogP contribution in [0.4, 0.5) is 0 Å². The molecule has 2 unspecified atom stereocenters. The zero-order valence-corrected chi connectivity index (χ0v) is 11.7. The van der Waals surface area contributed by atoms with E-state index < -0.39 is 9.75 Å². The second-order valence-electron chi connectivity index (χ2n) is 5.19. The van der Waals surface area contributed by atoms with Crippen molar-refractivity contribution in [2.75, 3.05) is 20.6 Å². The van der Waals surface area contributed by atoms with Crippen molar-refractivity contribution in [2.24, 2.45) is 5.41 Å². The molecule has 1 saturated heterocycles. The third-order valence-electron chi connectivity index (χ3n) is 3.92. The van der Waals surface area contributed by atoms with Gasteiger partial charge in [0.05, 0.1) is 5.41 Å². The zero-order chi connectivity index (χ0) is 13.0. The molecule has 0 N–H and O–H groups in total. The zero-order valence-electron chi connectivity index (χ0n) is 10.2. The number of nitrogens with zero attached hydrogens (tertiary/aromatic N) is 2. The molecule has 2 amide bonds. The lowest BCUT2D eigenvalue weighted by molar-refractivity contribution is -0.143. The fraction of sp³-hybridized carbons (Fsp3) is 0.818. The van der Waals surface area contributed by atoms with E-state index in [1.807, 2.05) is 0 Å². The molecule has 6 heteroatoms. The SMILES string of the molecule is CN1CCC(N(C)C(=O)C2(C)CC2(Cl)Cl)C1=O. The lowest BCUT2D eigenvalue weighted by Gasteiger charge is -2.26. The highest BCUT2D eigenvalue weighted by atomic mass is 35.5. The van der Waals surface area contributed by atoms with Crippen LogP contribution >= 0.6 is 23.2 Å². The van der Waals surface area contributed by atoms with Crippen LogP contribution < -0.4 is 0 Å². The number of halogens is 2. The highest BCUT2D eigenvalue weighted by Crippen LogP contribution is 2.64. The van der Waals surface area contributed by atoms with Crippen LogP contribution in [0, 0.1) is 5.41 Å². The van der Waals surface area contributed by atoms with E-state index in [2.05, 4.69) is 0 Å². The molecule has 2 atom stereocenters. The minimum atomic E-state index is -0.980. The summed E-state index contributed by atoms with van der Waals surface area (Å²) in [6, 6.07) is -0.367. The van der Waals surface area contributed by atoms with Crippen LogP contribution in [0.2, 0.25) is 0 Å². The Balaban J connectivity index is 2.09. The van der Waals surface area contributed by atoms with Crippen LogP contribution in [0.5, 0.6) is 0 Å². The van der Waals surface area contributed by atoms with E-state index in [9.17, 15) is 9.59 Å². The molecule has 0 aromatic rings. The molecule has 1 heterocycles. The Hall–Kier alpha value is -0.480. The summed E-state index contributed by atoms with van der Waals surface area (Å²) in [5.41, 5.74) is -0.744. The smallest absolute Gasteiger partial charge is 0.245 e. The van der Waals surface area contributed by atoms with Crippen LogP contribution in [-0.2, 0) is 9.59 Å². The van der Waals surface area contributed by atoms with Crippen LogP contribution in [0.1, 0.15) is 19.8 Å². The topological polar surface area (TPSA) is 40.6 Å². The van der Waals surface area contributed by atoms with Gasteiger partial charge in [-0.25, -0.2) is 0 Å². The first-order chi connectivity index (χ1) is 7.71. The first-order valence-electron chi connectivity index (χ1n) is 5.61. The number of likely N-dealkylation sites (tertiary alicyclic amines) is 1. The summed E-state index contributed by atoms with van der Waals surface area (Å²) in [5, 5.41) is 0. The largest absolute Gasteiger partial charge is 0.344 e. The van der Waals surface area contributed by atoms with Crippen molar-refractivity contribution in [1.82, 2.24) is 9.80 Å². The van der Waals surface area contributed by atoms with Gasteiger partial charge in [-0.15, -0.1) is 23.2 Å². The van der Waals surface area contributed by atoms with Crippen LogP contribution in [0.3, 0.4) is 0 Å². The van der Waals surface area contributed by atoms with Crippen molar-refractivity contribution in [2.45, 2.75) is 30.1 Å². The van der Waals surface area contributed by atoms with Gasteiger partial charge < -0.3 is 9.80 Å². The number of hydrogen-bond donors (Lipinski definition) is 0. The van der Waals surface area contributed by atoms with Crippen molar-refractivity contribution in [3.8, 4) is 0 Å². The number of likely N-dealkylation sites (N-methyl/N-ethyl adjacent to an activating group) is 2. The fourth-order valence-corrected chi connectivity index (χ4v) is 3.02. The molecule has 1 aliphatic heterocycles. The molecule has 0 aromatic carbocycles. The van der Waals surface area contributed by atoms with Crippen molar-refractivity contribution >= 4 is 35.0 Å². The average Bonchev–Trinajstić information content (AvgIpc) is 2.58.